The van der Waals surface area contributed by atoms with Gasteiger partial charge in [-0.2, -0.15) is 0 Å². The Kier molecular flexibility index (Phi) is 3.11. The molecule has 0 bridgehead atoms. The minimum atomic E-state index is 1.03. The fourth-order valence-electron chi connectivity index (χ4n) is 2.24. The standard InChI is InChI=1S/C18H15N/c1-14-17-10-6-5-9-16(17)11-12-18(14)19-13-15-7-3-2-4-8-15/h2-13H,1H3. The third-order valence-electron chi connectivity index (χ3n) is 3.32. The molecule has 0 radical (unpaired) electrons. The molecule has 0 N–H and O–H groups in total. The number of rotatable bonds is 2. The molecule has 1 nitrogen and oxygen atoms in total. The van der Waals surface area contributed by atoms with Crippen LogP contribution in [0.25, 0.3) is 10.8 Å². The van der Waals surface area contributed by atoms with Crippen LogP contribution in [0.4, 0.5) is 5.69 Å². The molecular weight excluding hydrogens is 230 g/mol. The lowest BCUT2D eigenvalue weighted by Gasteiger charge is -2.05. The van der Waals surface area contributed by atoms with Crippen molar-refractivity contribution in [1.82, 2.24) is 0 Å². The number of nitrogens with zero attached hydrogens (tertiary/aromatic N) is 1. The zero-order chi connectivity index (χ0) is 13.1. The van der Waals surface area contributed by atoms with Crippen molar-refractivity contribution in [2.45, 2.75) is 6.92 Å². The van der Waals surface area contributed by atoms with Crippen LogP contribution in [0.3, 0.4) is 0 Å². The van der Waals surface area contributed by atoms with Gasteiger partial charge in [-0.3, -0.25) is 4.99 Å². The molecule has 0 aromatic heterocycles. The highest BCUT2D eigenvalue weighted by molar-refractivity contribution is 5.91. The maximum absolute atomic E-state index is 4.60. The summed E-state index contributed by atoms with van der Waals surface area (Å²) in [6, 6.07) is 22.8. The molecule has 1 heteroatoms. The molecule has 19 heavy (non-hydrogen) atoms. The van der Waals surface area contributed by atoms with Crippen LogP contribution in [-0.4, -0.2) is 6.21 Å². The average molecular weight is 245 g/mol. The fourth-order valence-corrected chi connectivity index (χ4v) is 2.24. The van der Waals surface area contributed by atoms with Gasteiger partial charge in [0.25, 0.3) is 0 Å². The normalized spacial score (nSPS) is 11.2. The number of aliphatic imine (C=N–C) groups is 1. The maximum atomic E-state index is 4.60. The Morgan fingerprint density at radius 3 is 2.37 bits per heavy atom. The van der Waals surface area contributed by atoms with E-state index in [-0.39, 0.29) is 0 Å². The Labute approximate surface area is 113 Å². The Hall–Kier alpha value is -2.41. The third kappa shape index (κ3) is 2.41. The SMILES string of the molecule is Cc1c(N=Cc2ccccc2)ccc2ccccc12. The van der Waals surface area contributed by atoms with E-state index in [2.05, 4.69) is 60.4 Å². The van der Waals surface area contributed by atoms with Crippen LogP contribution in [-0.2, 0) is 0 Å². The molecule has 0 saturated heterocycles. The van der Waals surface area contributed by atoms with Crippen molar-refractivity contribution >= 4 is 22.7 Å². The summed E-state index contributed by atoms with van der Waals surface area (Å²) in [7, 11) is 0. The molecular formula is C18H15N. The molecule has 0 aliphatic heterocycles. The summed E-state index contributed by atoms with van der Waals surface area (Å²) in [5.74, 6) is 0. The summed E-state index contributed by atoms with van der Waals surface area (Å²) >= 11 is 0. The van der Waals surface area contributed by atoms with E-state index in [1.807, 2.05) is 24.4 Å². The van der Waals surface area contributed by atoms with E-state index in [0.29, 0.717) is 0 Å². The second-order valence-electron chi connectivity index (χ2n) is 4.60. The van der Waals surface area contributed by atoms with Gasteiger partial charge in [0, 0.05) is 6.21 Å². The lowest BCUT2D eigenvalue weighted by atomic mass is 10.0. The summed E-state index contributed by atoms with van der Waals surface area (Å²) in [5.41, 5.74) is 3.38. The first kappa shape index (κ1) is 11.7. The number of hydrogen-bond acceptors (Lipinski definition) is 1. The van der Waals surface area contributed by atoms with E-state index >= 15 is 0 Å². The van der Waals surface area contributed by atoms with Crippen molar-refractivity contribution in [2.24, 2.45) is 4.99 Å². The van der Waals surface area contributed by atoms with Gasteiger partial charge in [0.2, 0.25) is 0 Å². The van der Waals surface area contributed by atoms with E-state index in [4.69, 9.17) is 0 Å². The van der Waals surface area contributed by atoms with Crippen LogP contribution in [0.5, 0.6) is 0 Å². The van der Waals surface area contributed by atoms with Crippen LogP contribution >= 0.6 is 0 Å². The molecule has 0 amide bonds. The fraction of sp³-hybridized carbons (Fsp3) is 0.0556. The molecule has 3 rings (SSSR count). The molecule has 3 aromatic carbocycles. The Bertz CT molecular complexity index is 727. The largest absolute Gasteiger partial charge is 0.256 e. The van der Waals surface area contributed by atoms with Crippen LogP contribution in [0.15, 0.2) is 71.7 Å². The highest BCUT2D eigenvalue weighted by Crippen LogP contribution is 2.27. The van der Waals surface area contributed by atoms with Gasteiger partial charge in [0.1, 0.15) is 0 Å². The van der Waals surface area contributed by atoms with E-state index < -0.39 is 0 Å². The number of aryl methyl sites for hydroxylation is 1. The summed E-state index contributed by atoms with van der Waals surface area (Å²) in [6.45, 7) is 2.12. The Morgan fingerprint density at radius 1 is 0.789 bits per heavy atom. The van der Waals surface area contributed by atoms with Crippen molar-refractivity contribution in [3.05, 3.63) is 77.9 Å². The smallest absolute Gasteiger partial charge is 0.0665 e. The second kappa shape index (κ2) is 5.07. The van der Waals surface area contributed by atoms with Crippen molar-refractivity contribution < 1.29 is 0 Å². The van der Waals surface area contributed by atoms with Gasteiger partial charge in [-0.05, 0) is 34.9 Å². The molecule has 0 unspecified atom stereocenters. The van der Waals surface area contributed by atoms with Gasteiger partial charge in [0.05, 0.1) is 5.69 Å². The molecule has 0 heterocycles. The summed E-state index contributed by atoms with van der Waals surface area (Å²) in [5, 5.41) is 2.53. The van der Waals surface area contributed by atoms with E-state index in [1.165, 1.54) is 16.3 Å². The van der Waals surface area contributed by atoms with Crippen molar-refractivity contribution in [1.29, 1.82) is 0 Å². The molecule has 0 atom stereocenters. The van der Waals surface area contributed by atoms with Gasteiger partial charge >= 0.3 is 0 Å². The maximum Gasteiger partial charge on any atom is 0.0665 e. The van der Waals surface area contributed by atoms with Gasteiger partial charge < -0.3 is 0 Å². The lowest BCUT2D eigenvalue weighted by molar-refractivity contribution is 1.44. The van der Waals surface area contributed by atoms with Gasteiger partial charge in [-0.1, -0.05) is 60.7 Å². The molecule has 92 valence electrons. The first-order valence-electron chi connectivity index (χ1n) is 6.42. The summed E-state index contributed by atoms with van der Waals surface area (Å²) in [6.07, 6.45) is 1.91. The predicted octanol–water partition coefficient (Wildman–Crippen LogP) is 4.90. The molecule has 0 spiro atoms. The molecule has 3 aromatic rings. The van der Waals surface area contributed by atoms with Crippen LogP contribution in [0, 0.1) is 6.92 Å². The van der Waals surface area contributed by atoms with Gasteiger partial charge in [-0.15, -0.1) is 0 Å². The van der Waals surface area contributed by atoms with Gasteiger partial charge in [-0.25, -0.2) is 0 Å². The Balaban J connectivity index is 2.02. The monoisotopic (exact) mass is 245 g/mol. The van der Waals surface area contributed by atoms with E-state index in [9.17, 15) is 0 Å². The number of hydrogen-bond donors (Lipinski definition) is 0. The topological polar surface area (TPSA) is 12.4 Å². The first-order chi connectivity index (χ1) is 9.34. The second-order valence-corrected chi connectivity index (χ2v) is 4.60. The molecule has 0 fully saturated rings. The van der Waals surface area contributed by atoms with Crippen molar-refractivity contribution in [2.75, 3.05) is 0 Å². The molecule has 0 aliphatic rings. The average Bonchev–Trinajstić information content (AvgIpc) is 2.48. The van der Waals surface area contributed by atoms with Crippen LogP contribution in [0.1, 0.15) is 11.1 Å². The Morgan fingerprint density at radius 2 is 1.53 bits per heavy atom. The summed E-state index contributed by atoms with van der Waals surface area (Å²) in [4.78, 5) is 4.60. The van der Waals surface area contributed by atoms with Crippen LogP contribution in [0.2, 0.25) is 0 Å². The highest BCUT2D eigenvalue weighted by atomic mass is 14.7. The van der Waals surface area contributed by atoms with E-state index in [1.54, 1.807) is 0 Å². The predicted molar refractivity (Wildman–Crippen MR) is 82.4 cm³/mol. The van der Waals surface area contributed by atoms with Gasteiger partial charge in [0.15, 0.2) is 0 Å². The quantitative estimate of drug-likeness (QED) is 0.569. The van der Waals surface area contributed by atoms with E-state index in [0.717, 1.165) is 11.3 Å². The number of fused-ring (bicyclic) bond motifs is 1. The minimum Gasteiger partial charge on any atom is -0.256 e. The lowest BCUT2D eigenvalue weighted by Crippen LogP contribution is -1.82. The zero-order valence-electron chi connectivity index (χ0n) is 10.9. The third-order valence-corrected chi connectivity index (χ3v) is 3.32. The first-order valence-corrected chi connectivity index (χ1v) is 6.42. The van der Waals surface area contributed by atoms with Crippen LogP contribution < -0.4 is 0 Å². The number of benzene rings is 3. The van der Waals surface area contributed by atoms with Crippen molar-refractivity contribution in [3.63, 3.8) is 0 Å². The highest BCUT2D eigenvalue weighted by Gasteiger charge is 2.01. The minimum absolute atomic E-state index is 1.03. The zero-order valence-corrected chi connectivity index (χ0v) is 10.9. The molecule has 0 saturated carbocycles. The molecule has 0 aliphatic carbocycles. The summed E-state index contributed by atoms with van der Waals surface area (Å²) < 4.78 is 0. The van der Waals surface area contributed by atoms with Crippen molar-refractivity contribution in [3.8, 4) is 0 Å².